The van der Waals surface area contributed by atoms with E-state index in [4.69, 9.17) is 0 Å². The smallest absolute Gasteiger partial charge is 0.252 e. The van der Waals surface area contributed by atoms with Crippen LogP contribution in [0.25, 0.3) is 11.3 Å². The summed E-state index contributed by atoms with van der Waals surface area (Å²) in [4.78, 5) is 32.0. The largest absolute Gasteiger partial charge is 0.325 e. The van der Waals surface area contributed by atoms with E-state index in [0.29, 0.717) is 10.9 Å². The summed E-state index contributed by atoms with van der Waals surface area (Å²) in [6, 6.07) is 15.0. The van der Waals surface area contributed by atoms with Crippen LogP contribution in [0.1, 0.15) is 23.6 Å². The molecule has 0 saturated heterocycles. The minimum absolute atomic E-state index is 0.132. The number of H-pyrrole nitrogens is 1. The quantitative estimate of drug-likeness (QED) is 0.495. The van der Waals surface area contributed by atoms with E-state index in [9.17, 15) is 9.59 Å². The summed E-state index contributed by atoms with van der Waals surface area (Å²) < 4.78 is 0. The molecule has 1 atom stereocenters. The highest BCUT2D eigenvalue weighted by molar-refractivity contribution is 8.00. The van der Waals surface area contributed by atoms with E-state index in [1.807, 2.05) is 63.2 Å². The molecule has 0 aliphatic rings. The lowest BCUT2D eigenvalue weighted by molar-refractivity contribution is -0.115. The molecule has 2 aromatic carbocycles. The van der Waals surface area contributed by atoms with Crippen molar-refractivity contribution in [1.82, 2.24) is 9.97 Å². The van der Waals surface area contributed by atoms with Crippen molar-refractivity contribution >= 4 is 23.4 Å². The number of thioether (sulfide) groups is 1. The standard InChI is InChI=1S/C22H23N3O2S/c1-13-10-14(2)20(15(3)11-13)25-21(27)16(4)28-22-23-18(12-19(26)24-22)17-8-6-5-7-9-17/h5-12,16H,1-4H3,(H,25,27)(H,23,24,26)/t16-/m1/s1. The molecule has 5 nitrogen and oxygen atoms in total. The number of benzene rings is 2. The molecular formula is C22H23N3O2S. The van der Waals surface area contributed by atoms with Crippen LogP contribution in [0.15, 0.2) is 58.5 Å². The van der Waals surface area contributed by atoms with Gasteiger partial charge in [0.2, 0.25) is 5.91 Å². The van der Waals surface area contributed by atoms with E-state index < -0.39 is 5.25 Å². The predicted molar refractivity (Wildman–Crippen MR) is 115 cm³/mol. The molecule has 0 spiro atoms. The molecule has 3 rings (SSSR count). The van der Waals surface area contributed by atoms with Gasteiger partial charge in [-0.2, -0.15) is 0 Å². The summed E-state index contributed by atoms with van der Waals surface area (Å²) in [6.07, 6.45) is 0. The number of amides is 1. The zero-order valence-electron chi connectivity index (χ0n) is 16.4. The number of aryl methyl sites for hydroxylation is 3. The monoisotopic (exact) mass is 393 g/mol. The normalized spacial score (nSPS) is 11.9. The molecule has 0 aliphatic heterocycles. The SMILES string of the molecule is Cc1cc(C)c(NC(=O)[C@@H](C)Sc2nc(-c3ccccc3)cc(=O)[nH]2)c(C)c1. The van der Waals surface area contributed by atoms with Crippen LogP contribution in [-0.4, -0.2) is 21.1 Å². The number of anilines is 1. The van der Waals surface area contributed by atoms with E-state index >= 15 is 0 Å². The number of hydrogen-bond acceptors (Lipinski definition) is 4. The fraction of sp³-hybridized carbons (Fsp3) is 0.227. The third kappa shape index (κ3) is 4.70. The van der Waals surface area contributed by atoms with E-state index in [0.717, 1.165) is 27.9 Å². The number of aromatic amines is 1. The average Bonchev–Trinajstić information content (AvgIpc) is 2.64. The van der Waals surface area contributed by atoms with Gasteiger partial charge in [0.1, 0.15) is 0 Å². The lowest BCUT2D eigenvalue weighted by Gasteiger charge is -2.16. The van der Waals surface area contributed by atoms with Crippen molar-refractivity contribution in [2.45, 2.75) is 38.1 Å². The van der Waals surface area contributed by atoms with Gasteiger partial charge in [0.15, 0.2) is 5.16 Å². The van der Waals surface area contributed by atoms with E-state index in [2.05, 4.69) is 15.3 Å². The molecule has 0 radical (unpaired) electrons. The summed E-state index contributed by atoms with van der Waals surface area (Å²) in [6.45, 7) is 7.80. The Labute approximate surface area is 168 Å². The Bertz CT molecular complexity index is 1040. The first kappa shape index (κ1) is 19.9. The molecule has 0 saturated carbocycles. The summed E-state index contributed by atoms with van der Waals surface area (Å²) >= 11 is 1.23. The number of nitrogens with zero attached hydrogens (tertiary/aromatic N) is 1. The van der Waals surface area contributed by atoms with Crippen LogP contribution in [0, 0.1) is 20.8 Å². The van der Waals surface area contributed by atoms with E-state index in [-0.39, 0.29) is 11.5 Å². The molecule has 0 aliphatic carbocycles. The Morgan fingerprint density at radius 3 is 2.36 bits per heavy atom. The maximum absolute atomic E-state index is 12.7. The zero-order chi connectivity index (χ0) is 20.3. The third-order valence-electron chi connectivity index (χ3n) is 4.37. The first-order valence-corrected chi connectivity index (χ1v) is 9.93. The van der Waals surface area contributed by atoms with Gasteiger partial charge in [-0.3, -0.25) is 9.59 Å². The van der Waals surface area contributed by atoms with Crippen LogP contribution >= 0.6 is 11.8 Å². The average molecular weight is 394 g/mol. The zero-order valence-corrected chi connectivity index (χ0v) is 17.2. The second kappa shape index (κ2) is 8.44. The van der Waals surface area contributed by atoms with Gasteiger partial charge in [-0.1, -0.05) is 59.8 Å². The number of hydrogen-bond donors (Lipinski definition) is 2. The van der Waals surface area contributed by atoms with Crippen molar-refractivity contribution in [3.63, 3.8) is 0 Å². The van der Waals surface area contributed by atoms with Crippen LogP contribution < -0.4 is 10.9 Å². The van der Waals surface area contributed by atoms with Gasteiger partial charge in [-0.25, -0.2) is 4.98 Å². The van der Waals surface area contributed by atoms with Gasteiger partial charge in [-0.05, 0) is 38.8 Å². The van der Waals surface area contributed by atoms with Crippen LogP contribution in [-0.2, 0) is 4.79 Å². The number of nitrogens with one attached hydrogen (secondary N) is 2. The minimum Gasteiger partial charge on any atom is -0.325 e. The molecule has 1 amide bonds. The van der Waals surface area contributed by atoms with Crippen molar-refractivity contribution in [2.24, 2.45) is 0 Å². The number of carbonyl (C=O) groups is 1. The molecule has 6 heteroatoms. The van der Waals surface area contributed by atoms with Gasteiger partial charge >= 0.3 is 0 Å². The molecule has 1 heterocycles. The fourth-order valence-corrected chi connectivity index (χ4v) is 3.88. The highest BCUT2D eigenvalue weighted by Crippen LogP contribution is 2.26. The molecule has 144 valence electrons. The maximum atomic E-state index is 12.7. The van der Waals surface area contributed by atoms with E-state index in [1.54, 1.807) is 6.92 Å². The van der Waals surface area contributed by atoms with Gasteiger partial charge in [-0.15, -0.1) is 0 Å². The van der Waals surface area contributed by atoms with Crippen molar-refractivity contribution in [3.05, 3.63) is 75.6 Å². The third-order valence-corrected chi connectivity index (χ3v) is 5.36. The lowest BCUT2D eigenvalue weighted by Crippen LogP contribution is -2.24. The second-order valence-electron chi connectivity index (χ2n) is 6.82. The van der Waals surface area contributed by atoms with Crippen molar-refractivity contribution in [2.75, 3.05) is 5.32 Å². The van der Waals surface area contributed by atoms with Gasteiger partial charge in [0.05, 0.1) is 10.9 Å². The van der Waals surface area contributed by atoms with E-state index in [1.165, 1.54) is 17.8 Å². The molecule has 28 heavy (non-hydrogen) atoms. The Balaban J connectivity index is 1.78. The maximum Gasteiger partial charge on any atom is 0.252 e. The second-order valence-corrected chi connectivity index (χ2v) is 8.15. The lowest BCUT2D eigenvalue weighted by atomic mass is 10.1. The minimum atomic E-state index is -0.422. The van der Waals surface area contributed by atoms with Crippen LogP contribution in [0.2, 0.25) is 0 Å². The van der Waals surface area contributed by atoms with Crippen molar-refractivity contribution in [1.29, 1.82) is 0 Å². The van der Waals surface area contributed by atoms with Crippen molar-refractivity contribution < 1.29 is 4.79 Å². The molecule has 1 aromatic heterocycles. The number of carbonyl (C=O) groups excluding carboxylic acids is 1. The summed E-state index contributed by atoms with van der Waals surface area (Å²) in [5.74, 6) is -0.132. The highest BCUT2D eigenvalue weighted by Gasteiger charge is 2.18. The van der Waals surface area contributed by atoms with Gasteiger partial charge < -0.3 is 10.3 Å². The molecule has 0 bridgehead atoms. The topological polar surface area (TPSA) is 74.8 Å². The number of aromatic nitrogens is 2. The molecule has 0 fully saturated rings. The first-order valence-electron chi connectivity index (χ1n) is 9.05. The predicted octanol–water partition coefficient (Wildman–Crippen LogP) is 4.48. The van der Waals surface area contributed by atoms with Crippen LogP contribution in [0.3, 0.4) is 0 Å². The summed E-state index contributed by atoms with van der Waals surface area (Å²) in [5.41, 5.74) is 5.26. The van der Waals surface area contributed by atoms with Crippen molar-refractivity contribution in [3.8, 4) is 11.3 Å². The summed E-state index contributed by atoms with van der Waals surface area (Å²) in [5, 5.41) is 3.01. The molecule has 0 unspecified atom stereocenters. The highest BCUT2D eigenvalue weighted by atomic mass is 32.2. The Kier molecular flexibility index (Phi) is 5.99. The molecular weight excluding hydrogens is 370 g/mol. The Hall–Kier alpha value is -2.86. The molecule has 2 N–H and O–H groups in total. The van der Waals surface area contributed by atoms with Gasteiger partial charge in [0, 0.05) is 17.3 Å². The Morgan fingerprint density at radius 1 is 1.07 bits per heavy atom. The van der Waals surface area contributed by atoms with Gasteiger partial charge in [0.25, 0.3) is 5.56 Å². The Morgan fingerprint density at radius 2 is 1.71 bits per heavy atom. The summed E-state index contributed by atoms with van der Waals surface area (Å²) in [7, 11) is 0. The van der Waals surface area contributed by atoms with Crippen LogP contribution in [0.5, 0.6) is 0 Å². The number of rotatable bonds is 5. The molecule has 3 aromatic rings. The fourth-order valence-electron chi connectivity index (χ4n) is 3.07. The first-order chi connectivity index (χ1) is 13.3. The van der Waals surface area contributed by atoms with Crippen LogP contribution in [0.4, 0.5) is 5.69 Å².